The monoisotopic (exact) mass is 284 g/mol. The van der Waals surface area contributed by atoms with Gasteiger partial charge >= 0.3 is 0 Å². The van der Waals surface area contributed by atoms with E-state index in [2.05, 4.69) is 34.4 Å². The molecule has 0 saturated carbocycles. The number of hydrogen-bond donors (Lipinski definition) is 0. The van der Waals surface area contributed by atoms with Gasteiger partial charge in [0.05, 0.1) is 6.42 Å². The van der Waals surface area contributed by atoms with E-state index in [4.69, 9.17) is 0 Å². The van der Waals surface area contributed by atoms with Crippen LogP contribution < -0.4 is 0 Å². The Morgan fingerprint density at radius 3 is 2.92 bits per heavy atom. The van der Waals surface area contributed by atoms with E-state index in [0.717, 1.165) is 9.13 Å². The molecular weight excluding hydrogens is 275 g/mol. The highest BCUT2D eigenvalue weighted by atomic mass is 127. The quantitative estimate of drug-likeness (QED) is 0.463. The van der Waals surface area contributed by atoms with E-state index >= 15 is 0 Å². The molecule has 0 fully saturated rings. The van der Waals surface area contributed by atoms with Crippen LogP contribution in [0.25, 0.3) is 0 Å². The van der Waals surface area contributed by atoms with Gasteiger partial charge in [0.15, 0.2) is 5.78 Å². The van der Waals surface area contributed by atoms with Gasteiger partial charge in [0, 0.05) is 9.13 Å². The van der Waals surface area contributed by atoms with Crippen molar-refractivity contribution in [2.24, 2.45) is 0 Å². The largest absolute Gasteiger partial charge is 0.293 e. The van der Waals surface area contributed by atoms with Gasteiger partial charge in [-0.1, -0.05) is 18.1 Å². The van der Waals surface area contributed by atoms with Crippen LogP contribution in [-0.4, -0.2) is 5.78 Å². The van der Waals surface area contributed by atoms with Crippen molar-refractivity contribution in [1.29, 1.82) is 0 Å². The van der Waals surface area contributed by atoms with Gasteiger partial charge in [-0.3, -0.25) is 4.79 Å². The maximum Gasteiger partial charge on any atom is 0.174 e. The summed E-state index contributed by atoms with van der Waals surface area (Å²) in [5.41, 5.74) is 0.745. The molecule has 1 aromatic rings. The van der Waals surface area contributed by atoms with Gasteiger partial charge in [0.2, 0.25) is 0 Å². The summed E-state index contributed by atoms with van der Waals surface area (Å²) in [5.74, 6) is 5.56. The maximum absolute atomic E-state index is 11.4. The van der Waals surface area contributed by atoms with E-state index in [0.29, 0.717) is 6.42 Å². The zero-order chi connectivity index (χ0) is 9.68. The SMILES string of the molecule is CC#CCC(=O)c1cccc(I)c1. The molecule has 1 rings (SSSR count). The lowest BCUT2D eigenvalue weighted by Gasteiger charge is -1.96. The smallest absolute Gasteiger partial charge is 0.174 e. The van der Waals surface area contributed by atoms with Crippen LogP contribution in [0, 0.1) is 15.4 Å². The molecule has 0 radical (unpaired) electrons. The number of Topliss-reactive ketones (excluding diaryl/α,β-unsaturated/α-hetero) is 1. The van der Waals surface area contributed by atoms with Gasteiger partial charge in [0.25, 0.3) is 0 Å². The molecule has 0 atom stereocenters. The molecule has 0 amide bonds. The summed E-state index contributed by atoms with van der Waals surface area (Å²) in [5, 5.41) is 0. The van der Waals surface area contributed by atoms with Crippen LogP contribution in [0.4, 0.5) is 0 Å². The van der Waals surface area contributed by atoms with E-state index in [1.54, 1.807) is 6.92 Å². The van der Waals surface area contributed by atoms with Crippen molar-refractivity contribution in [2.75, 3.05) is 0 Å². The fourth-order valence-electron chi connectivity index (χ4n) is 0.933. The summed E-state index contributed by atoms with van der Waals surface area (Å²) < 4.78 is 1.08. The Labute approximate surface area is 91.7 Å². The normalized spacial score (nSPS) is 8.77. The van der Waals surface area contributed by atoms with Crippen molar-refractivity contribution in [2.45, 2.75) is 13.3 Å². The van der Waals surface area contributed by atoms with Crippen molar-refractivity contribution >= 4 is 28.4 Å². The second-order valence-electron chi connectivity index (χ2n) is 2.54. The molecule has 0 bridgehead atoms. The molecular formula is C11H9IO. The number of halogens is 1. The lowest BCUT2D eigenvalue weighted by molar-refractivity contribution is 0.0998. The number of hydrogen-bond acceptors (Lipinski definition) is 1. The zero-order valence-corrected chi connectivity index (χ0v) is 9.46. The second-order valence-corrected chi connectivity index (χ2v) is 3.78. The molecule has 66 valence electrons. The Hall–Kier alpha value is -0.820. The van der Waals surface area contributed by atoms with Gasteiger partial charge < -0.3 is 0 Å². The third kappa shape index (κ3) is 3.19. The number of ketones is 1. The van der Waals surface area contributed by atoms with E-state index in [1.165, 1.54) is 0 Å². The number of carbonyl (C=O) groups is 1. The summed E-state index contributed by atoms with van der Waals surface area (Å²) in [6.07, 6.45) is 0.316. The van der Waals surface area contributed by atoms with Crippen LogP contribution in [-0.2, 0) is 0 Å². The summed E-state index contributed by atoms with van der Waals surface area (Å²) in [4.78, 5) is 11.4. The average molecular weight is 284 g/mol. The lowest BCUT2D eigenvalue weighted by Crippen LogP contribution is -1.97. The lowest BCUT2D eigenvalue weighted by atomic mass is 10.1. The van der Waals surface area contributed by atoms with Gasteiger partial charge in [-0.15, -0.1) is 5.92 Å². The van der Waals surface area contributed by atoms with Crippen molar-refractivity contribution < 1.29 is 4.79 Å². The van der Waals surface area contributed by atoms with Crippen molar-refractivity contribution in [3.8, 4) is 11.8 Å². The Kier molecular flexibility index (Phi) is 3.97. The first kappa shape index (κ1) is 10.3. The van der Waals surface area contributed by atoms with Gasteiger partial charge in [-0.25, -0.2) is 0 Å². The molecule has 1 aromatic carbocycles. The van der Waals surface area contributed by atoms with Gasteiger partial charge in [-0.05, 0) is 41.6 Å². The third-order valence-electron chi connectivity index (χ3n) is 1.57. The first-order valence-corrected chi connectivity index (χ1v) is 5.00. The second kappa shape index (κ2) is 5.03. The number of rotatable bonds is 2. The highest BCUT2D eigenvalue weighted by molar-refractivity contribution is 14.1. The molecule has 0 aliphatic heterocycles. The van der Waals surface area contributed by atoms with Crippen LogP contribution in [0.2, 0.25) is 0 Å². The molecule has 13 heavy (non-hydrogen) atoms. The molecule has 0 spiro atoms. The standard InChI is InChI=1S/C11H9IO/c1-2-3-7-11(13)9-5-4-6-10(12)8-9/h4-6,8H,7H2,1H3. The summed E-state index contributed by atoms with van der Waals surface area (Å²) in [6.45, 7) is 1.74. The van der Waals surface area contributed by atoms with Crippen LogP contribution in [0.15, 0.2) is 24.3 Å². The fourth-order valence-corrected chi connectivity index (χ4v) is 1.48. The first-order chi connectivity index (χ1) is 6.24. The number of carbonyl (C=O) groups excluding carboxylic acids is 1. The van der Waals surface area contributed by atoms with Crippen LogP contribution in [0.1, 0.15) is 23.7 Å². The van der Waals surface area contributed by atoms with Crippen molar-refractivity contribution in [3.63, 3.8) is 0 Å². The van der Waals surface area contributed by atoms with Crippen molar-refractivity contribution in [1.82, 2.24) is 0 Å². The minimum atomic E-state index is 0.0906. The van der Waals surface area contributed by atoms with Gasteiger partial charge in [0.1, 0.15) is 0 Å². The van der Waals surface area contributed by atoms with E-state index in [9.17, 15) is 4.79 Å². The molecule has 0 saturated heterocycles. The van der Waals surface area contributed by atoms with Gasteiger partial charge in [-0.2, -0.15) is 0 Å². The number of benzene rings is 1. The first-order valence-electron chi connectivity index (χ1n) is 3.92. The van der Waals surface area contributed by atoms with Crippen molar-refractivity contribution in [3.05, 3.63) is 33.4 Å². The Morgan fingerprint density at radius 1 is 1.54 bits per heavy atom. The maximum atomic E-state index is 11.4. The van der Waals surface area contributed by atoms with E-state index in [-0.39, 0.29) is 5.78 Å². The highest BCUT2D eigenvalue weighted by Gasteiger charge is 2.02. The topological polar surface area (TPSA) is 17.1 Å². The fraction of sp³-hybridized carbons (Fsp3) is 0.182. The predicted molar refractivity (Wildman–Crippen MR) is 61.6 cm³/mol. The minimum absolute atomic E-state index is 0.0906. The molecule has 1 nitrogen and oxygen atoms in total. The summed E-state index contributed by atoms with van der Waals surface area (Å²) in [6, 6.07) is 7.54. The Bertz CT molecular complexity index is 371. The molecule has 0 aliphatic carbocycles. The highest BCUT2D eigenvalue weighted by Crippen LogP contribution is 2.09. The molecule has 0 unspecified atom stereocenters. The molecule has 0 N–H and O–H groups in total. The molecule has 2 heteroatoms. The molecule has 0 aromatic heterocycles. The zero-order valence-electron chi connectivity index (χ0n) is 7.30. The molecule has 0 aliphatic rings. The molecule has 0 heterocycles. The summed E-state index contributed by atoms with van der Waals surface area (Å²) >= 11 is 2.19. The minimum Gasteiger partial charge on any atom is -0.293 e. The van der Waals surface area contributed by atoms with Crippen LogP contribution in [0.3, 0.4) is 0 Å². The van der Waals surface area contributed by atoms with Crippen LogP contribution in [0.5, 0.6) is 0 Å². The van der Waals surface area contributed by atoms with E-state index < -0.39 is 0 Å². The van der Waals surface area contributed by atoms with E-state index in [1.807, 2.05) is 24.3 Å². The Balaban J connectivity index is 2.81. The third-order valence-corrected chi connectivity index (χ3v) is 2.24. The predicted octanol–water partition coefficient (Wildman–Crippen LogP) is 2.89. The van der Waals surface area contributed by atoms with Crippen LogP contribution >= 0.6 is 22.6 Å². The average Bonchev–Trinajstić information content (AvgIpc) is 2.14. The summed E-state index contributed by atoms with van der Waals surface area (Å²) in [7, 11) is 0. The Morgan fingerprint density at radius 2 is 2.31 bits per heavy atom.